The number of amides is 1. The van der Waals surface area contributed by atoms with Gasteiger partial charge in [0.05, 0.1) is 5.60 Å². The topological polar surface area (TPSA) is 64.4 Å². The maximum Gasteiger partial charge on any atom is 0.221 e. The molecule has 1 fully saturated rings. The third-order valence-corrected chi connectivity index (χ3v) is 4.25. The molecule has 1 heterocycles. The Morgan fingerprint density at radius 1 is 1.42 bits per heavy atom. The quantitative estimate of drug-likeness (QED) is 0.746. The molecule has 19 heavy (non-hydrogen) atoms. The van der Waals surface area contributed by atoms with Gasteiger partial charge >= 0.3 is 0 Å². The van der Waals surface area contributed by atoms with Crippen molar-refractivity contribution < 1.29 is 9.53 Å². The molecule has 0 aromatic heterocycles. The summed E-state index contributed by atoms with van der Waals surface area (Å²) in [5, 5.41) is 3.13. The number of hydrogen-bond acceptors (Lipinski definition) is 3. The van der Waals surface area contributed by atoms with E-state index < -0.39 is 0 Å². The van der Waals surface area contributed by atoms with Crippen LogP contribution in [0.25, 0.3) is 0 Å². The first-order valence-electron chi connectivity index (χ1n) is 7.74. The summed E-state index contributed by atoms with van der Waals surface area (Å²) in [6.07, 6.45) is 6.23. The molecule has 112 valence electrons. The van der Waals surface area contributed by atoms with Crippen LogP contribution in [0.3, 0.4) is 0 Å². The molecule has 0 aliphatic carbocycles. The Morgan fingerprint density at radius 3 is 2.68 bits per heavy atom. The summed E-state index contributed by atoms with van der Waals surface area (Å²) in [5.74, 6) is 0.0916. The molecular formula is C15H30N2O2. The van der Waals surface area contributed by atoms with Crippen LogP contribution < -0.4 is 11.1 Å². The largest absolute Gasteiger partial charge is 0.375 e. The first kappa shape index (κ1) is 16.4. The molecule has 0 bridgehead atoms. The van der Waals surface area contributed by atoms with Gasteiger partial charge < -0.3 is 15.8 Å². The summed E-state index contributed by atoms with van der Waals surface area (Å²) >= 11 is 0. The Kier molecular flexibility index (Phi) is 6.80. The lowest BCUT2D eigenvalue weighted by atomic mass is 9.86. The SMILES string of the molecule is CCCC(N)CC(=O)NC1CCOC(CC)(CC)C1. The molecule has 2 atom stereocenters. The van der Waals surface area contributed by atoms with Gasteiger partial charge in [-0.05, 0) is 32.1 Å². The van der Waals surface area contributed by atoms with Crippen LogP contribution in [0.1, 0.15) is 65.7 Å². The van der Waals surface area contributed by atoms with Crippen LogP contribution in [-0.2, 0) is 9.53 Å². The molecule has 0 aromatic carbocycles. The van der Waals surface area contributed by atoms with E-state index in [9.17, 15) is 4.79 Å². The monoisotopic (exact) mass is 270 g/mol. The zero-order valence-electron chi connectivity index (χ0n) is 12.7. The lowest BCUT2D eigenvalue weighted by Gasteiger charge is -2.40. The van der Waals surface area contributed by atoms with Gasteiger partial charge in [0.2, 0.25) is 5.91 Å². The number of rotatable bonds is 7. The summed E-state index contributed by atoms with van der Waals surface area (Å²) in [6, 6.07) is 0.238. The molecule has 0 saturated carbocycles. The highest BCUT2D eigenvalue weighted by atomic mass is 16.5. The number of nitrogens with one attached hydrogen (secondary N) is 1. The number of hydrogen-bond donors (Lipinski definition) is 2. The lowest BCUT2D eigenvalue weighted by molar-refractivity contribution is -0.126. The summed E-state index contributed by atoms with van der Waals surface area (Å²) in [6.45, 7) is 7.15. The van der Waals surface area contributed by atoms with Crippen molar-refractivity contribution in [2.45, 2.75) is 83.4 Å². The molecule has 0 spiro atoms. The Labute approximate surface area is 117 Å². The van der Waals surface area contributed by atoms with E-state index in [1.54, 1.807) is 0 Å². The van der Waals surface area contributed by atoms with Gasteiger partial charge in [0.25, 0.3) is 0 Å². The van der Waals surface area contributed by atoms with Gasteiger partial charge in [0, 0.05) is 25.1 Å². The van der Waals surface area contributed by atoms with Crippen LogP contribution in [0.15, 0.2) is 0 Å². The molecule has 1 saturated heterocycles. The summed E-state index contributed by atoms with van der Waals surface area (Å²) < 4.78 is 5.92. The number of ether oxygens (including phenoxy) is 1. The van der Waals surface area contributed by atoms with E-state index in [1.807, 2.05) is 0 Å². The summed E-state index contributed by atoms with van der Waals surface area (Å²) in [4.78, 5) is 12.0. The van der Waals surface area contributed by atoms with E-state index in [-0.39, 0.29) is 23.6 Å². The van der Waals surface area contributed by atoms with Gasteiger partial charge in [-0.2, -0.15) is 0 Å². The third kappa shape index (κ3) is 5.11. The molecule has 2 unspecified atom stereocenters. The van der Waals surface area contributed by atoms with Gasteiger partial charge in [-0.15, -0.1) is 0 Å². The maximum absolute atomic E-state index is 12.0. The van der Waals surface area contributed by atoms with Crippen LogP contribution in [0.5, 0.6) is 0 Å². The second kappa shape index (κ2) is 7.85. The fraction of sp³-hybridized carbons (Fsp3) is 0.933. The Hall–Kier alpha value is -0.610. The highest BCUT2D eigenvalue weighted by Gasteiger charge is 2.35. The highest BCUT2D eigenvalue weighted by Crippen LogP contribution is 2.31. The molecule has 1 aliphatic heterocycles. The average Bonchev–Trinajstić information content (AvgIpc) is 2.38. The molecule has 4 heteroatoms. The predicted octanol–water partition coefficient (Wildman–Crippen LogP) is 2.36. The highest BCUT2D eigenvalue weighted by molar-refractivity contribution is 5.76. The minimum absolute atomic E-state index is 0.00746. The van der Waals surface area contributed by atoms with Crippen molar-refractivity contribution in [3.63, 3.8) is 0 Å². The van der Waals surface area contributed by atoms with Crippen molar-refractivity contribution in [2.75, 3.05) is 6.61 Å². The van der Waals surface area contributed by atoms with E-state index >= 15 is 0 Å². The van der Waals surface area contributed by atoms with Gasteiger partial charge in [-0.25, -0.2) is 0 Å². The van der Waals surface area contributed by atoms with Crippen molar-refractivity contribution in [1.29, 1.82) is 0 Å². The molecule has 4 nitrogen and oxygen atoms in total. The molecule has 1 rings (SSSR count). The maximum atomic E-state index is 12.0. The zero-order valence-corrected chi connectivity index (χ0v) is 12.7. The van der Waals surface area contributed by atoms with Crippen LogP contribution in [0, 0.1) is 0 Å². The summed E-state index contributed by atoms with van der Waals surface area (Å²) in [7, 11) is 0. The smallest absolute Gasteiger partial charge is 0.221 e. The van der Waals surface area contributed by atoms with Crippen LogP contribution in [0.4, 0.5) is 0 Å². The van der Waals surface area contributed by atoms with Gasteiger partial charge in [-0.1, -0.05) is 27.2 Å². The second-order valence-electron chi connectivity index (χ2n) is 5.75. The van der Waals surface area contributed by atoms with Gasteiger partial charge in [-0.3, -0.25) is 4.79 Å². The molecular weight excluding hydrogens is 240 g/mol. The van der Waals surface area contributed by atoms with Crippen LogP contribution in [-0.4, -0.2) is 30.2 Å². The van der Waals surface area contributed by atoms with Crippen molar-refractivity contribution in [2.24, 2.45) is 5.73 Å². The minimum atomic E-state index is -0.0399. The number of carbonyl (C=O) groups excluding carboxylic acids is 1. The van der Waals surface area contributed by atoms with E-state index in [0.29, 0.717) is 6.42 Å². The fourth-order valence-corrected chi connectivity index (χ4v) is 2.89. The van der Waals surface area contributed by atoms with E-state index in [4.69, 9.17) is 10.5 Å². The molecule has 3 N–H and O–H groups in total. The number of nitrogens with two attached hydrogens (primary N) is 1. The minimum Gasteiger partial charge on any atom is -0.375 e. The average molecular weight is 270 g/mol. The Bertz CT molecular complexity index is 277. The van der Waals surface area contributed by atoms with Gasteiger partial charge in [0.15, 0.2) is 0 Å². The van der Waals surface area contributed by atoms with Crippen LogP contribution in [0.2, 0.25) is 0 Å². The predicted molar refractivity (Wildman–Crippen MR) is 77.9 cm³/mol. The van der Waals surface area contributed by atoms with Crippen molar-refractivity contribution >= 4 is 5.91 Å². The first-order valence-corrected chi connectivity index (χ1v) is 7.74. The third-order valence-electron chi connectivity index (χ3n) is 4.25. The van der Waals surface area contributed by atoms with E-state index in [0.717, 1.165) is 45.1 Å². The normalized spacial score (nSPS) is 23.9. The Morgan fingerprint density at radius 2 is 2.11 bits per heavy atom. The van der Waals surface area contributed by atoms with Crippen molar-refractivity contribution in [3.8, 4) is 0 Å². The fourth-order valence-electron chi connectivity index (χ4n) is 2.89. The molecule has 1 aliphatic rings. The Balaban J connectivity index is 2.41. The molecule has 1 amide bonds. The second-order valence-corrected chi connectivity index (χ2v) is 5.75. The van der Waals surface area contributed by atoms with Crippen molar-refractivity contribution in [3.05, 3.63) is 0 Å². The van der Waals surface area contributed by atoms with Gasteiger partial charge in [0.1, 0.15) is 0 Å². The lowest BCUT2D eigenvalue weighted by Crippen LogP contribution is -2.48. The van der Waals surface area contributed by atoms with E-state index in [1.165, 1.54) is 0 Å². The molecule has 0 aromatic rings. The van der Waals surface area contributed by atoms with E-state index in [2.05, 4.69) is 26.1 Å². The first-order chi connectivity index (χ1) is 9.05. The molecule has 0 radical (unpaired) electrons. The zero-order chi connectivity index (χ0) is 14.3. The number of carbonyl (C=O) groups is 1. The van der Waals surface area contributed by atoms with Crippen LogP contribution >= 0.6 is 0 Å². The van der Waals surface area contributed by atoms with Crippen molar-refractivity contribution in [1.82, 2.24) is 5.32 Å². The standard InChI is InChI=1S/C15H30N2O2/c1-4-7-12(16)10-14(18)17-13-8-9-19-15(5-2,6-3)11-13/h12-13H,4-11,16H2,1-3H3,(H,17,18). The summed E-state index contributed by atoms with van der Waals surface area (Å²) in [5.41, 5.74) is 5.87.